The van der Waals surface area contributed by atoms with Crippen molar-refractivity contribution in [1.82, 2.24) is 20.8 Å². The number of alkyl halides is 1. The summed E-state index contributed by atoms with van der Waals surface area (Å²) < 4.78 is 11.2. The first-order valence-electron chi connectivity index (χ1n) is 10.3. The van der Waals surface area contributed by atoms with Gasteiger partial charge in [0, 0.05) is 5.70 Å². The Labute approximate surface area is 194 Å². The third-order valence-corrected chi connectivity index (χ3v) is 6.14. The van der Waals surface area contributed by atoms with E-state index in [0.717, 1.165) is 11.1 Å². The third kappa shape index (κ3) is 3.60. The minimum absolute atomic E-state index is 0.0312. The molecule has 3 unspecified atom stereocenters. The molecule has 0 bridgehead atoms. The summed E-state index contributed by atoms with van der Waals surface area (Å²) in [6.45, 7) is 1.76. The predicted octanol–water partition coefficient (Wildman–Crippen LogP) is 3.56. The first kappa shape index (κ1) is 21.0. The molecule has 2 aromatic carbocycles. The molecule has 10 heteroatoms. The number of allylic oxidation sites excluding steroid dienone is 1. The number of halogens is 1. The lowest BCUT2D eigenvalue weighted by Crippen LogP contribution is -2.56. The second-order valence-corrected chi connectivity index (χ2v) is 8.17. The number of aromatic nitrogens is 2. The third-order valence-electron chi connectivity index (χ3n) is 5.72. The Hall–Kier alpha value is -3.85. The Kier molecular flexibility index (Phi) is 5.26. The van der Waals surface area contributed by atoms with Gasteiger partial charge < -0.3 is 19.8 Å². The average molecular weight is 466 g/mol. The van der Waals surface area contributed by atoms with Crippen LogP contribution in [0.3, 0.4) is 0 Å². The van der Waals surface area contributed by atoms with Crippen molar-refractivity contribution < 1.29 is 18.7 Å². The zero-order valence-corrected chi connectivity index (χ0v) is 18.5. The maximum atomic E-state index is 12.6. The highest BCUT2D eigenvalue weighted by molar-refractivity contribution is 6.37. The Morgan fingerprint density at radius 2 is 1.82 bits per heavy atom. The summed E-state index contributed by atoms with van der Waals surface area (Å²) in [6, 6.07) is 15.5. The smallest absolute Gasteiger partial charge is 0.325 e. The highest BCUT2D eigenvalue weighted by Crippen LogP contribution is 2.43. The number of methoxy groups -OCH3 is 1. The molecule has 168 valence electrons. The van der Waals surface area contributed by atoms with Crippen molar-refractivity contribution in [2.75, 3.05) is 12.0 Å². The summed E-state index contributed by atoms with van der Waals surface area (Å²) in [5.41, 5.74) is 2.85. The molecule has 1 fully saturated rings. The number of hydrogen-bond donors (Lipinski definition) is 2. The number of carbonyl (C=O) groups excluding carboxylic acids is 2. The molecular weight excluding hydrogens is 446 g/mol. The van der Waals surface area contributed by atoms with E-state index in [4.69, 9.17) is 20.8 Å². The topological polar surface area (TPSA) is 110 Å². The number of nitrogens with zero attached hydrogens (tertiary/aromatic N) is 3. The summed E-state index contributed by atoms with van der Waals surface area (Å²) in [6.07, 6.45) is 0. The monoisotopic (exact) mass is 465 g/mol. The largest absolute Gasteiger partial charge is 0.497 e. The lowest BCUT2D eigenvalue weighted by Gasteiger charge is -2.41. The minimum atomic E-state index is -0.763. The molecule has 1 saturated heterocycles. The van der Waals surface area contributed by atoms with Gasteiger partial charge in [0.05, 0.1) is 24.8 Å². The number of amides is 3. The Morgan fingerprint density at radius 3 is 2.58 bits per heavy atom. The van der Waals surface area contributed by atoms with Gasteiger partial charge in [-0.2, -0.15) is 0 Å². The summed E-state index contributed by atoms with van der Waals surface area (Å²) in [7, 11) is 1.57. The molecule has 3 aromatic rings. The predicted molar refractivity (Wildman–Crippen MR) is 121 cm³/mol. The summed E-state index contributed by atoms with van der Waals surface area (Å²) >= 11 is 6.35. The van der Waals surface area contributed by atoms with E-state index in [2.05, 4.69) is 20.8 Å². The number of urea groups is 1. The molecule has 2 aliphatic rings. The van der Waals surface area contributed by atoms with Gasteiger partial charge in [-0.3, -0.25) is 9.69 Å². The van der Waals surface area contributed by atoms with Crippen LogP contribution >= 0.6 is 11.6 Å². The fraction of sp³-hybridized carbons (Fsp3) is 0.217. The molecule has 3 amide bonds. The van der Waals surface area contributed by atoms with E-state index in [9.17, 15) is 9.59 Å². The van der Waals surface area contributed by atoms with Crippen molar-refractivity contribution in [3.05, 3.63) is 77.3 Å². The van der Waals surface area contributed by atoms with Crippen molar-refractivity contribution in [3.8, 4) is 5.75 Å². The molecule has 2 N–H and O–H groups in total. The Balaban J connectivity index is 1.50. The zero-order chi connectivity index (χ0) is 23.1. The van der Waals surface area contributed by atoms with Crippen molar-refractivity contribution in [2.24, 2.45) is 0 Å². The molecule has 9 nitrogen and oxygen atoms in total. The van der Waals surface area contributed by atoms with Crippen molar-refractivity contribution in [1.29, 1.82) is 0 Å². The van der Waals surface area contributed by atoms with Gasteiger partial charge in [-0.25, -0.2) is 4.79 Å². The molecule has 1 aromatic heterocycles. The number of carbonyl (C=O) groups is 2. The summed E-state index contributed by atoms with van der Waals surface area (Å²) in [4.78, 5) is 26.1. The fourth-order valence-electron chi connectivity index (χ4n) is 4.11. The van der Waals surface area contributed by atoms with Crippen LogP contribution in [0.15, 0.2) is 64.7 Å². The normalized spacial score (nSPS) is 22.5. The molecule has 3 atom stereocenters. The number of anilines is 1. The van der Waals surface area contributed by atoms with Gasteiger partial charge in [0.1, 0.15) is 11.1 Å². The number of rotatable bonds is 5. The van der Waals surface area contributed by atoms with Gasteiger partial charge >= 0.3 is 12.0 Å². The quantitative estimate of drug-likeness (QED) is 0.440. The van der Waals surface area contributed by atoms with E-state index >= 15 is 0 Å². The Bertz CT molecular complexity index is 1260. The highest BCUT2D eigenvalue weighted by atomic mass is 35.5. The van der Waals surface area contributed by atoms with Crippen LogP contribution in [-0.2, 0) is 4.79 Å². The van der Waals surface area contributed by atoms with Gasteiger partial charge in [-0.15, -0.1) is 16.7 Å². The van der Waals surface area contributed by atoms with Gasteiger partial charge in [0.25, 0.3) is 5.91 Å². The standard InChI is InChI=1S/C23H20ClN5O4/c1-12-16(18(26-22(31)25-12)13-7-4-3-5-8-13)20-27-28-23(33-20)29-19(17(24)21(29)30)14-9-6-10-15(11-14)32-2/h3-11,17-19H,1-2H3,(H2,25,26,31). The number of hydrogen-bond acceptors (Lipinski definition) is 6. The number of nitrogens with one attached hydrogen (secondary N) is 2. The molecular formula is C23H20ClN5O4. The van der Waals surface area contributed by atoms with Crippen molar-refractivity contribution >= 4 is 35.1 Å². The second kappa shape index (κ2) is 8.25. The molecule has 0 saturated carbocycles. The lowest BCUT2D eigenvalue weighted by molar-refractivity contribution is -0.124. The van der Waals surface area contributed by atoms with Crippen molar-refractivity contribution in [2.45, 2.75) is 24.4 Å². The molecule has 0 aliphatic carbocycles. The van der Waals surface area contributed by atoms with E-state index in [1.807, 2.05) is 54.6 Å². The van der Waals surface area contributed by atoms with Gasteiger partial charge in [0.15, 0.2) is 0 Å². The van der Waals surface area contributed by atoms with Crippen LogP contribution in [0.5, 0.6) is 5.75 Å². The number of β-lactam (4-membered cyclic amide) rings is 1. The molecule has 33 heavy (non-hydrogen) atoms. The molecule has 5 rings (SSSR count). The maximum Gasteiger partial charge on any atom is 0.325 e. The van der Waals surface area contributed by atoms with Gasteiger partial charge in [0.2, 0.25) is 5.89 Å². The average Bonchev–Trinajstić information content (AvgIpc) is 3.30. The highest BCUT2D eigenvalue weighted by Gasteiger charge is 2.50. The van der Waals surface area contributed by atoms with Crippen LogP contribution < -0.4 is 20.3 Å². The number of benzene rings is 2. The van der Waals surface area contributed by atoms with Crippen LogP contribution in [0.25, 0.3) is 5.57 Å². The summed E-state index contributed by atoms with van der Waals surface area (Å²) in [5, 5.41) is 13.2. The van der Waals surface area contributed by atoms with E-state index in [1.165, 1.54) is 4.90 Å². The van der Waals surface area contributed by atoms with Crippen molar-refractivity contribution in [3.63, 3.8) is 0 Å². The van der Waals surface area contributed by atoms with Crippen LogP contribution in [-0.4, -0.2) is 34.6 Å². The molecule has 0 spiro atoms. The van der Waals surface area contributed by atoms with E-state index in [0.29, 0.717) is 17.0 Å². The van der Waals surface area contributed by atoms with E-state index in [-0.39, 0.29) is 23.8 Å². The van der Waals surface area contributed by atoms with E-state index in [1.54, 1.807) is 14.0 Å². The lowest BCUT2D eigenvalue weighted by atomic mass is 9.93. The SMILES string of the molecule is COc1cccc(C2C(Cl)C(=O)N2c2nnc(C3=C(C)NC(=O)NC3c3ccccc3)o2)c1. The van der Waals surface area contributed by atoms with E-state index < -0.39 is 17.5 Å². The number of ether oxygens (including phenoxy) is 1. The van der Waals surface area contributed by atoms with Gasteiger partial charge in [-0.1, -0.05) is 47.6 Å². The molecule has 0 radical (unpaired) electrons. The van der Waals surface area contributed by atoms with Crippen LogP contribution in [0.2, 0.25) is 0 Å². The first-order chi connectivity index (χ1) is 16.0. The van der Waals surface area contributed by atoms with Gasteiger partial charge in [-0.05, 0) is 30.2 Å². The van der Waals surface area contributed by atoms with Crippen LogP contribution in [0.1, 0.15) is 36.0 Å². The van der Waals surface area contributed by atoms with Crippen LogP contribution in [0, 0.1) is 0 Å². The summed E-state index contributed by atoms with van der Waals surface area (Å²) in [5.74, 6) is 0.511. The Morgan fingerprint density at radius 1 is 1.06 bits per heavy atom. The zero-order valence-electron chi connectivity index (χ0n) is 17.8. The molecule has 2 aliphatic heterocycles. The second-order valence-electron chi connectivity index (χ2n) is 7.70. The fourth-order valence-corrected chi connectivity index (χ4v) is 4.47. The first-order valence-corrected chi connectivity index (χ1v) is 10.7. The minimum Gasteiger partial charge on any atom is -0.497 e. The van der Waals surface area contributed by atoms with Crippen LogP contribution in [0.4, 0.5) is 10.8 Å². The molecule has 3 heterocycles. The maximum absolute atomic E-state index is 12.6.